The summed E-state index contributed by atoms with van der Waals surface area (Å²) < 4.78 is 18.7. The minimum atomic E-state index is -0.579. The molecule has 2 aromatic rings. The van der Waals surface area contributed by atoms with Crippen LogP contribution in [0.5, 0.6) is 0 Å². The third-order valence-electron chi connectivity index (χ3n) is 2.59. The molecule has 0 fully saturated rings. The highest BCUT2D eigenvalue weighted by Crippen LogP contribution is 2.17. The number of nitrogens with zero attached hydrogens (tertiary/aromatic N) is 1. The number of hydrogen-bond donors (Lipinski definition) is 1. The zero-order valence-corrected chi connectivity index (χ0v) is 10.2. The Kier molecular flexibility index (Phi) is 3.41. The Bertz CT molecular complexity index is 578. The van der Waals surface area contributed by atoms with E-state index in [9.17, 15) is 9.18 Å². The van der Waals surface area contributed by atoms with Gasteiger partial charge >= 0.3 is 0 Å². The summed E-state index contributed by atoms with van der Waals surface area (Å²) in [7, 11) is 0. The molecule has 0 spiro atoms. The monoisotopic (exact) mass is 248 g/mol. The van der Waals surface area contributed by atoms with Crippen LogP contribution in [0.2, 0.25) is 0 Å². The van der Waals surface area contributed by atoms with Crippen molar-refractivity contribution in [2.24, 2.45) is 0 Å². The van der Waals surface area contributed by atoms with E-state index in [0.29, 0.717) is 6.42 Å². The van der Waals surface area contributed by atoms with E-state index in [1.807, 2.05) is 13.8 Å². The largest absolute Gasteiger partial charge is 0.456 e. The van der Waals surface area contributed by atoms with Gasteiger partial charge in [-0.3, -0.25) is 9.78 Å². The van der Waals surface area contributed by atoms with Crippen LogP contribution in [-0.4, -0.2) is 10.9 Å². The van der Waals surface area contributed by atoms with Crippen LogP contribution < -0.4 is 5.32 Å². The summed E-state index contributed by atoms with van der Waals surface area (Å²) in [5.74, 6) is -0.108. The van der Waals surface area contributed by atoms with Crippen LogP contribution in [0, 0.1) is 12.7 Å². The molecule has 4 nitrogen and oxygen atoms in total. The summed E-state index contributed by atoms with van der Waals surface area (Å²) in [5.41, 5.74) is 1.000. The van der Waals surface area contributed by atoms with Gasteiger partial charge in [0.05, 0.1) is 11.9 Å². The Hall–Kier alpha value is -2.17. The summed E-state index contributed by atoms with van der Waals surface area (Å²) in [6.45, 7) is 3.81. The van der Waals surface area contributed by atoms with Crippen LogP contribution in [0.25, 0.3) is 0 Å². The Labute approximate surface area is 104 Å². The smallest absolute Gasteiger partial charge is 0.291 e. The molecule has 0 unspecified atom stereocenters. The SMILES string of the molecule is CCc1oc(C(=O)Nc2ccncc2F)cc1C. The molecule has 0 saturated carbocycles. The number of nitrogens with one attached hydrogen (secondary N) is 1. The number of anilines is 1. The molecule has 2 rings (SSSR count). The van der Waals surface area contributed by atoms with E-state index in [2.05, 4.69) is 10.3 Å². The van der Waals surface area contributed by atoms with Crippen LogP contribution in [0.15, 0.2) is 28.9 Å². The number of aryl methyl sites for hydroxylation is 2. The van der Waals surface area contributed by atoms with Gasteiger partial charge in [0.15, 0.2) is 11.6 Å². The number of halogens is 1. The van der Waals surface area contributed by atoms with E-state index in [1.165, 1.54) is 12.3 Å². The number of aromatic nitrogens is 1. The average molecular weight is 248 g/mol. The first-order valence-corrected chi connectivity index (χ1v) is 5.62. The van der Waals surface area contributed by atoms with Crippen molar-refractivity contribution in [3.8, 4) is 0 Å². The molecule has 0 aliphatic rings. The summed E-state index contributed by atoms with van der Waals surface area (Å²) in [6.07, 6.45) is 3.16. The predicted octanol–water partition coefficient (Wildman–Crippen LogP) is 2.94. The molecule has 0 saturated heterocycles. The lowest BCUT2D eigenvalue weighted by Gasteiger charge is -2.03. The van der Waals surface area contributed by atoms with Gasteiger partial charge in [0, 0.05) is 12.6 Å². The van der Waals surface area contributed by atoms with Gasteiger partial charge in [-0.05, 0) is 24.6 Å². The predicted molar refractivity (Wildman–Crippen MR) is 65.0 cm³/mol. The number of hydrogen-bond acceptors (Lipinski definition) is 3. The minimum Gasteiger partial charge on any atom is -0.456 e. The van der Waals surface area contributed by atoms with Crippen molar-refractivity contribution in [3.05, 3.63) is 47.4 Å². The van der Waals surface area contributed by atoms with Gasteiger partial charge in [0.2, 0.25) is 0 Å². The third-order valence-corrected chi connectivity index (χ3v) is 2.59. The first-order valence-electron chi connectivity index (χ1n) is 5.62. The average Bonchev–Trinajstić information content (AvgIpc) is 2.73. The number of carbonyl (C=O) groups is 1. The van der Waals surface area contributed by atoms with E-state index < -0.39 is 11.7 Å². The van der Waals surface area contributed by atoms with E-state index in [1.54, 1.807) is 6.07 Å². The number of rotatable bonds is 3. The fourth-order valence-corrected chi connectivity index (χ4v) is 1.64. The van der Waals surface area contributed by atoms with Gasteiger partial charge in [-0.2, -0.15) is 0 Å². The zero-order valence-electron chi connectivity index (χ0n) is 10.2. The van der Waals surface area contributed by atoms with Crippen molar-refractivity contribution in [3.63, 3.8) is 0 Å². The number of pyridine rings is 1. The molecular formula is C13H13FN2O2. The van der Waals surface area contributed by atoms with Crippen molar-refractivity contribution in [2.75, 3.05) is 5.32 Å². The quantitative estimate of drug-likeness (QED) is 0.908. The fraction of sp³-hybridized carbons (Fsp3) is 0.231. The summed E-state index contributed by atoms with van der Waals surface area (Å²) in [6, 6.07) is 3.04. The van der Waals surface area contributed by atoms with Gasteiger partial charge in [0.25, 0.3) is 5.91 Å². The first-order chi connectivity index (χ1) is 8.61. The van der Waals surface area contributed by atoms with Gasteiger partial charge < -0.3 is 9.73 Å². The van der Waals surface area contributed by atoms with Gasteiger partial charge in [-0.25, -0.2) is 4.39 Å². The molecule has 0 aliphatic heterocycles. The standard InChI is InChI=1S/C13H13FN2O2/c1-3-11-8(2)6-12(18-11)13(17)16-10-4-5-15-7-9(10)14/h4-7H,3H2,1-2H3,(H,15,16,17). The summed E-state index contributed by atoms with van der Waals surface area (Å²) in [4.78, 5) is 15.5. The highest BCUT2D eigenvalue weighted by atomic mass is 19.1. The van der Waals surface area contributed by atoms with Gasteiger partial charge in [0.1, 0.15) is 5.76 Å². The maximum atomic E-state index is 13.3. The van der Waals surface area contributed by atoms with Crippen LogP contribution >= 0.6 is 0 Å². The highest BCUT2D eigenvalue weighted by Gasteiger charge is 2.15. The van der Waals surface area contributed by atoms with E-state index in [0.717, 1.165) is 17.5 Å². The summed E-state index contributed by atoms with van der Waals surface area (Å²) in [5, 5.41) is 2.44. The van der Waals surface area contributed by atoms with Gasteiger partial charge in [-0.15, -0.1) is 0 Å². The zero-order chi connectivity index (χ0) is 13.1. The first kappa shape index (κ1) is 12.3. The molecule has 1 amide bonds. The van der Waals surface area contributed by atoms with Crippen molar-refractivity contribution < 1.29 is 13.6 Å². The molecule has 94 valence electrons. The maximum Gasteiger partial charge on any atom is 0.291 e. The fourth-order valence-electron chi connectivity index (χ4n) is 1.64. The lowest BCUT2D eigenvalue weighted by Crippen LogP contribution is -2.12. The highest BCUT2D eigenvalue weighted by molar-refractivity contribution is 6.02. The molecule has 2 aromatic heterocycles. The Balaban J connectivity index is 2.19. The number of amides is 1. The topological polar surface area (TPSA) is 55.1 Å². The second kappa shape index (κ2) is 5.00. The second-order valence-corrected chi connectivity index (χ2v) is 3.88. The molecule has 1 N–H and O–H groups in total. The molecular weight excluding hydrogens is 235 g/mol. The summed E-state index contributed by atoms with van der Waals surface area (Å²) >= 11 is 0. The molecule has 0 atom stereocenters. The van der Waals surface area contributed by atoms with E-state index in [-0.39, 0.29) is 11.4 Å². The van der Waals surface area contributed by atoms with Crippen LogP contribution in [0.3, 0.4) is 0 Å². The van der Waals surface area contributed by atoms with Crippen molar-refractivity contribution in [2.45, 2.75) is 20.3 Å². The second-order valence-electron chi connectivity index (χ2n) is 3.88. The molecule has 5 heteroatoms. The molecule has 0 aliphatic carbocycles. The normalized spacial score (nSPS) is 10.4. The van der Waals surface area contributed by atoms with Gasteiger partial charge in [-0.1, -0.05) is 6.92 Å². The number of furan rings is 1. The van der Waals surface area contributed by atoms with Crippen LogP contribution in [0.1, 0.15) is 28.8 Å². The van der Waals surface area contributed by atoms with E-state index in [4.69, 9.17) is 4.42 Å². The third kappa shape index (κ3) is 2.40. The van der Waals surface area contributed by atoms with Crippen molar-refractivity contribution in [1.29, 1.82) is 0 Å². The maximum absolute atomic E-state index is 13.3. The molecule has 18 heavy (non-hydrogen) atoms. The molecule has 2 heterocycles. The number of carbonyl (C=O) groups excluding carboxylic acids is 1. The molecule has 0 bridgehead atoms. The molecule has 0 aromatic carbocycles. The Morgan fingerprint density at radius 3 is 2.94 bits per heavy atom. The van der Waals surface area contributed by atoms with Crippen LogP contribution in [0.4, 0.5) is 10.1 Å². The molecule has 0 radical (unpaired) electrons. The Morgan fingerprint density at radius 1 is 1.56 bits per heavy atom. The van der Waals surface area contributed by atoms with Crippen molar-refractivity contribution >= 4 is 11.6 Å². The lowest BCUT2D eigenvalue weighted by molar-refractivity contribution is 0.0994. The minimum absolute atomic E-state index is 0.0853. The van der Waals surface area contributed by atoms with E-state index >= 15 is 0 Å². The lowest BCUT2D eigenvalue weighted by atomic mass is 10.2. The Morgan fingerprint density at radius 2 is 2.33 bits per heavy atom. The van der Waals surface area contributed by atoms with Crippen LogP contribution in [-0.2, 0) is 6.42 Å². The van der Waals surface area contributed by atoms with Crippen molar-refractivity contribution in [1.82, 2.24) is 4.98 Å².